The maximum Gasteiger partial charge on any atom is 0.147 e. The van der Waals surface area contributed by atoms with Crippen molar-refractivity contribution in [3.8, 4) is 17.2 Å². The van der Waals surface area contributed by atoms with Crippen molar-refractivity contribution in [3.05, 3.63) is 44.8 Å². The zero-order chi connectivity index (χ0) is 15.6. The lowest BCUT2D eigenvalue weighted by molar-refractivity contribution is 0.243. The van der Waals surface area contributed by atoms with Crippen molar-refractivity contribution in [2.75, 3.05) is 5.73 Å². The van der Waals surface area contributed by atoms with Gasteiger partial charge in [0.25, 0.3) is 0 Å². The molecule has 0 fully saturated rings. The SMILES string of the molecule is CC(C)Oc1cc(Oc2cc(Cl)c(Br)cc2Cl)ccc1N. The van der Waals surface area contributed by atoms with Gasteiger partial charge in [-0.3, -0.25) is 0 Å². The van der Waals surface area contributed by atoms with E-state index in [4.69, 9.17) is 38.4 Å². The minimum atomic E-state index is 0.0215. The lowest BCUT2D eigenvalue weighted by Gasteiger charge is -2.14. The molecule has 0 heterocycles. The second-order valence-corrected chi connectivity index (χ2v) is 6.33. The van der Waals surface area contributed by atoms with Crippen molar-refractivity contribution in [3.63, 3.8) is 0 Å². The summed E-state index contributed by atoms with van der Waals surface area (Å²) in [5.41, 5.74) is 6.42. The molecule has 21 heavy (non-hydrogen) atoms. The van der Waals surface area contributed by atoms with E-state index in [0.717, 1.165) is 0 Å². The van der Waals surface area contributed by atoms with E-state index in [1.807, 2.05) is 13.8 Å². The number of ether oxygens (including phenoxy) is 2. The largest absolute Gasteiger partial charge is 0.489 e. The molecule has 0 saturated carbocycles. The number of nitrogens with two attached hydrogens (primary N) is 1. The summed E-state index contributed by atoms with van der Waals surface area (Å²) in [7, 11) is 0. The van der Waals surface area contributed by atoms with Crippen LogP contribution >= 0.6 is 39.1 Å². The molecule has 112 valence electrons. The number of nitrogen functional groups attached to an aromatic ring is 1. The minimum absolute atomic E-state index is 0.0215. The topological polar surface area (TPSA) is 44.5 Å². The number of hydrogen-bond donors (Lipinski definition) is 1. The van der Waals surface area contributed by atoms with Crippen molar-refractivity contribution >= 4 is 44.8 Å². The highest BCUT2D eigenvalue weighted by Gasteiger charge is 2.10. The van der Waals surface area contributed by atoms with E-state index >= 15 is 0 Å². The van der Waals surface area contributed by atoms with E-state index in [1.54, 1.807) is 30.3 Å². The molecule has 6 heteroatoms. The summed E-state index contributed by atoms with van der Waals surface area (Å²) in [6, 6.07) is 8.52. The second kappa shape index (κ2) is 6.77. The maximum absolute atomic E-state index is 6.14. The van der Waals surface area contributed by atoms with Crippen molar-refractivity contribution in [1.82, 2.24) is 0 Å². The molecule has 0 aliphatic carbocycles. The van der Waals surface area contributed by atoms with E-state index < -0.39 is 0 Å². The monoisotopic (exact) mass is 389 g/mol. The Balaban J connectivity index is 2.30. The summed E-state index contributed by atoms with van der Waals surface area (Å²) in [5, 5.41) is 0.970. The predicted octanol–water partition coefficient (Wildman–Crippen LogP) is 5.92. The Bertz CT molecular complexity index is 662. The fraction of sp³-hybridized carbons (Fsp3) is 0.200. The molecule has 0 atom stereocenters. The normalized spacial score (nSPS) is 10.8. The summed E-state index contributed by atoms with van der Waals surface area (Å²) in [4.78, 5) is 0. The zero-order valence-corrected chi connectivity index (χ0v) is 14.6. The van der Waals surface area contributed by atoms with Gasteiger partial charge in [0.05, 0.1) is 21.8 Å². The Morgan fingerprint density at radius 3 is 2.43 bits per heavy atom. The van der Waals surface area contributed by atoms with Gasteiger partial charge >= 0.3 is 0 Å². The molecule has 2 rings (SSSR count). The van der Waals surface area contributed by atoms with Gasteiger partial charge < -0.3 is 15.2 Å². The molecule has 0 aromatic heterocycles. The molecule has 2 aromatic carbocycles. The molecular formula is C15H14BrCl2NO2. The van der Waals surface area contributed by atoms with E-state index in [-0.39, 0.29) is 6.10 Å². The van der Waals surface area contributed by atoms with Crippen LogP contribution in [0.3, 0.4) is 0 Å². The third-order valence-corrected chi connectivity index (χ3v) is 4.04. The summed E-state index contributed by atoms with van der Waals surface area (Å²) in [6.45, 7) is 3.86. The first-order chi connectivity index (χ1) is 9.86. The van der Waals surface area contributed by atoms with Gasteiger partial charge in [-0.15, -0.1) is 0 Å². The van der Waals surface area contributed by atoms with Gasteiger partial charge in [0.2, 0.25) is 0 Å². The van der Waals surface area contributed by atoms with Gasteiger partial charge in [0.15, 0.2) is 0 Å². The van der Waals surface area contributed by atoms with Crippen molar-refractivity contribution in [1.29, 1.82) is 0 Å². The lowest BCUT2D eigenvalue weighted by atomic mass is 10.2. The third kappa shape index (κ3) is 4.19. The predicted molar refractivity (Wildman–Crippen MR) is 90.9 cm³/mol. The number of hydrogen-bond acceptors (Lipinski definition) is 3. The fourth-order valence-corrected chi connectivity index (χ4v) is 2.47. The van der Waals surface area contributed by atoms with E-state index in [0.29, 0.717) is 37.5 Å². The maximum atomic E-state index is 6.14. The molecule has 0 unspecified atom stereocenters. The summed E-state index contributed by atoms with van der Waals surface area (Å²) in [5.74, 6) is 1.60. The first-order valence-corrected chi connectivity index (χ1v) is 7.80. The fourth-order valence-electron chi connectivity index (χ4n) is 1.64. The van der Waals surface area contributed by atoms with Crippen LogP contribution in [0, 0.1) is 0 Å². The van der Waals surface area contributed by atoms with Gasteiger partial charge in [-0.2, -0.15) is 0 Å². The standard InChI is InChI=1S/C15H14BrCl2NO2/c1-8(2)20-15-5-9(3-4-13(15)19)21-14-7-11(17)10(16)6-12(14)18/h3-8H,19H2,1-2H3. The molecule has 2 N–H and O–H groups in total. The van der Waals surface area contributed by atoms with Crippen LogP contribution in [0.1, 0.15) is 13.8 Å². The molecule has 0 amide bonds. The van der Waals surface area contributed by atoms with Gasteiger partial charge in [-0.25, -0.2) is 0 Å². The van der Waals surface area contributed by atoms with E-state index in [1.165, 1.54) is 0 Å². The summed E-state index contributed by atoms with van der Waals surface area (Å²) in [6.07, 6.45) is 0.0215. The molecule has 0 spiro atoms. The molecular weight excluding hydrogens is 377 g/mol. The van der Waals surface area contributed by atoms with Crippen LogP contribution in [0.5, 0.6) is 17.2 Å². The van der Waals surface area contributed by atoms with Crippen LogP contribution in [0.15, 0.2) is 34.8 Å². The van der Waals surface area contributed by atoms with Crippen LogP contribution in [-0.2, 0) is 0 Å². The van der Waals surface area contributed by atoms with Crippen molar-refractivity contribution in [2.45, 2.75) is 20.0 Å². The van der Waals surface area contributed by atoms with Crippen LogP contribution in [0.4, 0.5) is 5.69 Å². The Kier molecular flexibility index (Phi) is 5.25. The van der Waals surface area contributed by atoms with Crippen LogP contribution in [0.25, 0.3) is 0 Å². The molecule has 0 aliphatic heterocycles. The third-order valence-electron chi connectivity index (χ3n) is 2.55. The molecule has 0 aliphatic rings. The number of halogens is 3. The van der Waals surface area contributed by atoms with Gasteiger partial charge in [0, 0.05) is 16.6 Å². The molecule has 0 radical (unpaired) electrons. The lowest BCUT2D eigenvalue weighted by Crippen LogP contribution is -2.07. The highest BCUT2D eigenvalue weighted by atomic mass is 79.9. The molecule has 3 nitrogen and oxygen atoms in total. The average Bonchev–Trinajstić information content (AvgIpc) is 2.39. The molecule has 0 bridgehead atoms. The van der Waals surface area contributed by atoms with Crippen LogP contribution in [-0.4, -0.2) is 6.10 Å². The smallest absolute Gasteiger partial charge is 0.147 e. The zero-order valence-electron chi connectivity index (χ0n) is 11.5. The Hall–Kier alpha value is -1.10. The summed E-state index contributed by atoms with van der Waals surface area (Å²) >= 11 is 15.5. The van der Waals surface area contributed by atoms with Gasteiger partial charge in [0.1, 0.15) is 17.2 Å². The minimum Gasteiger partial charge on any atom is -0.489 e. The Morgan fingerprint density at radius 2 is 1.76 bits per heavy atom. The quantitative estimate of drug-likeness (QED) is 0.520. The van der Waals surface area contributed by atoms with E-state index in [9.17, 15) is 0 Å². The molecule has 0 saturated heterocycles. The first-order valence-electron chi connectivity index (χ1n) is 6.25. The van der Waals surface area contributed by atoms with E-state index in [2.05, 4.69) is 15.9 Å². The molecule has 2 aromatic rings. The highest BCUT2D eigenvalue weighted by Crippen LogP contribution is 2.38. The van der Waals surface area contributed by atoms with Crippen molar-refractivity contribution in [2.24, 2.45) is 0 Å². The Morgan fingerprint density at radius 1 is 1.05 bits per heavy atom. The number of anilines is 1. The summed E-state index contributed by atoms with van der Waals surface area (Å²) < 4.78 is 12.1. The van der Waals surface area contributed by atoms with Gasteiger partial charge in [-0.1, -0.05) is 23.2 Å². The average molecular weight is 391 g/mol. The Labute approximate surface area is 142 Å². The van der Waals surface area contributed by atoms with Crippen molar-refractivity contribution < 1.29 is 9.47 Å². The first kappa shape index (κ1) is 16.3. The van der Waals surface area contributed by atoms with Crippen LogP contribution < -0.4 is 15.2 Å². The second-order valence-electron chi connectivity index (χ2n) is 4.67. The highest BCUT2D eigenvalue weighted by molar-refractivity contribution is 9.10. The number of benzene rings is 2. The van der Waals surface area contributed by atoms with Gasteiger partial charge in [-0.05, 0) is 48.0 Å². The van der Waals surface area contributed by atoms with Crippen LogP contribution in [0.2, 0.25) is 10.0 Å². The number of rotatable bonds is 4.